The molecule has 0 spiro atoms. The highest BCUT2D eigenvalue weighted by atomic mass is 19.3. The summed E-state index contributed by atoms with van der Waals surface area (Å²) in [7, 11) is 0. The standard InChI is InChI=1S/C12H12F2N2O3/c13-12(14)4-3-7(6-12)10(17)16-8-2-1-5-15-9(8)11(18)19/h1-2,5,7H,3-4,6H2,(H,16,17)(H,18,19). The summed E-state index contributed by atoms with van der Waals surface area (Å²) in [4.78, 5) is 26.3. The topological polar surface area (TPSA) is 79.3 Å². The first kappa shape index (κ1) is 13.4. The number of aromatic nitrogens is 1. The monoisotopic (exact) mass is 270 g/mol. The molecule has 2 rings (SSSR count). The van der Waals surface area contributed by atoms with E-state index in [1.807, 2.05) is 0 Å². The predicted octanol–water partition coefficient (Wildman–Crippen LogP) is 2.15. The number of nitrogens with one attached hydrogen (secondary N) is 1. The van der Waals surface area contributed by atoms with Crippen molar-refractivity contribution in [2.45, 2.75) is 25.2 Å². The third-order valence-corrected chi connectivity index (χ3v) is 3.04. The predicted molar refractivity (Wildman–Crippen MR) is 62.1 cm³/mol. The molecule has 5 nitrogen and oxygen atoms in total. The average Bonchev–Trinajstić information content (AvgIpc) is 2.70. The maximum Gasteiger partial charge on any atom is 0.356 e. The van der Waals surface area contributed by atoms with E-state index in [4.69, 9.17) is 5.11 Å². The summed E-state index contributed by atoms with van der Waals surface area (Å²) >= 11 is 0. The number of carbonyl (C=O) groups is 2. The molecule has 2 N–H and O–H groups in total. The van der Waals surface area contributed by atoms with Crippen LogP contribution in [0.25, 0.3) is 0 Å². The largest absolute Gasteiger partial charge is 0.476 e. The molecule has 102 valence electrons. The van der Waals surface area contributed by atoms with Crippen LogP contribution in [0, 0.1) is 5.92 Å². The highest BCUT2D eigenvalue weighted by Crippen LogP contribution is 2.39. The van der Waals surface area contributed by atoms with Gasteiger partial charge in [-0.3, -0.25) is 4.79 Å². The van der Waals surface area contributed by atoms with E-state index in [1.165, 1.54) is 18.3 Å². The number of carboxylic acid groups (broad SMARTS) is 1. The molecule has 1 atom stereocenters. The lowest BCUT2D eigenvalue weighted by Crippen LogP contribution is -2.23. The lowest BCUT2D eigenvalue weighted by atomic mass is 10.1. The highest BCUT2D eigenvalue weighted by Gasteiger charge is 2.42. The zero-order valence-corrected chi connectivity index (χ0v) is 9.90. The fourth-order valence-electron chi connectivity index (χ4n) is 2.09. The zero-order chi connectivity index (χ0) is 14.0. The average molecular weight is 270 g/mol. The van der Waals surface area contributed by atoms with Gasteiger partial charge in [-0.1, -0.05) is 0 Å². The van der Waals surface area contributed by atoms with Crippen molar-refractivity contribution in [2.24, 2.45) is 5.92 Å². The quantitative estimate of drug-likeness (QED) is 0.882. The van der Waals surface area contributed by atoms with Crippen LogP contribution in [0.5, 0.6) is 0 Å². The first-order valence-electron chi connectivity index (χ1n) is 5.76. The Bertz CT molecular complexity index is 519. The van der Waals surface area contributed by atoms with Gasteiger partial charge < -0.3 is 10.4 Å². The number of amides is 1. The third-order valence-electron chi connectivity index (χ3n) is 3.04. The maximum atomic E-state index is 13.0. The summed E-state index contributed by atoms with van der Waals surface area (Å²) in [6.07, 6.45) is 0.565. The number of hydrogen-bond donors (Lipinski definition) is 2. The van der Waals surface area contributed by atoms with E-state index in [0.717, 1.165) is 0 Å². The number of rotatable bonds is 3. The van der Waals surface area contributed by atoms with Gasteiger partial charge in [-0.15, -0.1) is 0 Å². The normalized spacial score (nSPS) is 21.1. The highest BCUT2D eigenvalue weighted by molar-refractivity contribution is 5.99. The summed E-state index contributed by atoms with van der Waals surface area (Å²) in [5, 5.41) is 11.2. The number of carboxylic acids is 1. The van der Waals surface area contributed by atoms with Gasteiger partial charge >= 0.3 is 5.97 Å². The van der Waals surface area contributed by atoms with E-state index in [1.54, 1.807) is 0 Å². The molecule has 7 heteroatoms. The molecule has 1 aromatic heterocycles. The van der Waals surface area contributed by atoms with E-state index in [2.05, 4.69) is 10.3 Å². The number of alkyl halides is 2. The molecule has 0 radical (unpaired) electrons. The smallest absolute Gasteiger partial charge is 0.356 e. The minimum Gasteiger partial charge on any atom is -0.476 e. The van der Waals surface area contributed by atoms with Gasteiger partial charge in [0.25, 0.3) is 0 Å². The van der Waals surface area contributed by atoms with Gasteiger partial charge in [0.1, 0.15) is 0 Å². The Morgan fingerprint density at radius 2 is 2.21 bits per heavy atom. The maximum absolute atomic E-state index is 13.0. The van der Waals surface area contributed by atoms with Crippen molar-refractivity contribution in [2.75, 3.05) is 5.32 Å². The van der Waals surface area contributed by atoms with E-state index in [0.29, 0.717) is 0 Å². The van der Waals surface area contributed by atoms with Gasteiger partial charge in [-0.25, -0.2) is 18.6 Å². The fraction of sp³-hybridized carbons (Fsp3) is 0.417. The second-order valence-electron chi connectivity index (χ2n) is 4.49. The number of pyridine rings is 1. The molecule has 1 saturated carbocycles. The second-order valence-corrected chi connectivity index (χ2v) is 4.49. The first-order chi connectivity index (χ1) is 8.89. The van der Waals surface area contributed by atoms with Crippen LogP contribution in [0.15, 0.2) is 18.3 Å². The fourth-order valence-corrected chi connectivity index (χ4v) is 2.09. The van der Waals surface area contributed by atoms with Crippen LogP contribution in [0.4, 0.5) is 14.5 Å². The second kappa shape index (κ2) is 4.91. The van der Waals surface area contributed by atoms with Crippen molar-refractivity contribution in [3.8, 4) is 0 Å². The van der Waals surface area contributed by atoms with Crippen LogP contribution in [0.2, 0.25) is 0 Å². The summed E-state index contributed by atoms with van der Waals surface area (Å²) in [5.41, 5.74) is -0.282. The number of halogens is 2. The van der Waals surface area contributed by atoms with Crippen LogP contribution >= 0.6 is 0 Å². The molecule has 0 aliphatic heterocycles. The SMILES string of the molecule is O=C(O)c1ncccc1NC(=O)C1CCC(F)(F)C1. The third kappa shape index (κ3) is 3.04. The molecule has 1 fully saturated rings. The molecule has 0 bridgehead atoms. The van der Waals surface area contributed by atoms with E-state index >= 15 is 0 Å². The van der Waals surface area contributed by atoms with Crippen molar-refractivity contribution < 1.29 is 23.5 Å². The summed E-state index contributed by atoms with van der Waals surface area (Å²) in [5.74, 6) is -5.48. The summed E-state index contributed by atoms with van der Waals surface area (Å²) in [6.45, 7) is 0. The molecular formula is C12H12F2N2O3. The lowest BCUT2D eigenvalue weighted by molar-refractivity contribution is -0.120. The van der Waals surface area contributed by atoms with Gasteiger partial charge in [-0.05, 0) is 18.6 Å². The molecule has 0 saturated heterocycles. The molecule has 0 aromatic carbocycles. The van der Waals surface area contributed by atoms with Gasteiger partial charge in [0.15, 0.2) is 5.69 Å². The van der Waals surface area contributed by atoms with E-state index in [-0.39, 0.29) is 24.2 Å². The van der Waals surface area contributed by atoms with Crippen LogP contribution in [0.3, 0.4) is 0 Å². The van der Waals surface area contributed by atoms with Crippen LogP contribution < -0.4 is 5.32 Å². The van der Waals surface area contributed by atoms with Crippen molar-refractivity contribution >= 4 is 17.6 Å². The van der Waals surface area contributed by atoms with Gasteiger partial charge in [-0.2, -0.15) is 0 Å². The van der Waals surface area contributed by atoms with Gasteiger partial charge in [0.2, 0.25) is 11.8 Å². The molecular weight excluding hydrogens is 258 g/mol. The van der Waals surface area contributed by atoms with Crippen molar-refractivity contribution in [1.29, 1.82) is 0 Å². The van der Waals surface area contributed by atoms with Crippen molar-refractivity contribution in [3.63, 3.8) is 0 Å². The number of nitrogens with zero attached hydrogens (tertiary/aromatic N) is 1. The Morgan fingerprint density at radius 3 is 2.79 bits per heavy atom. The minimum atomic E-state index is -2.81. The number of hydrogen-bond acceptors (Lipinski definition) is 3. The minimum absolute atomic E-state index is 0.0233. The number of carbonyl (C=O) groups excluding carboxylic acids is 1. The Balaban J connectivity index is 2.10. The molecule has 1 aliphatic rings. The number of anilines is 1. The van der Waals surface area contributed by atoms with E-state index in [9.17, 15) is 18.4 Å². The Labute approximate surface area is 107 Å². The Morgan fingerprint density at radius 1 is 1.47 bits per heavy atom. The molecule has 1 heterocycles. The van der Waals surface area contributed by atoms with Crippen LogP contribution in [-0.2, 0) is 4.79 Å². The van der Waals surface area contributed by atoms with Gasteiger partial charge in [0.05, 0.1) is 5.69 Å². The zero-order valence-electron chi connectivity index (χ0n) is 9.90. The molecule has 1 amide bonds. The molecule has 1 aliphatic carbocycles. The van der Waals surface area contributed by atoms with Crippen molar-refractivity contribution in [1.82, 2.24) is 4.98 Å². The first-order valence-corrected chi connectivity index (χ1v) is 5.76. The molecule has 19 heavy (non-hydrogen) atoms. The Hall–Kier alpha value is -2.05. The summed E-state index contributed by atoms with van der Waals surface area (Å²) < 4.78 is 26.0. The van der Waals surface area contributed by atoms with Crippen LogP contribution in [0.1, 0.15) is 29.8 Å². The number of aromatic carboxylic acids is 1. The summed E-state index contributed by atoms with van der Waals surface area (Å²) in [6, 6.07) is 2.84. The lowest BCUT2D eigenvalue weighted by Gasteiger charge is -2.12. The van der Waals surface area contributed by atoms with Crippen LogP contribution in [-0.4, -0.2) is 27.9 Å². The van der Waals surface area contributed by atoms with Crippen molar-refractivity contribution in [3.05, 3.63) is 24.0 Å². The Kier molecular flexibility index (Phi) is 3.46. The molecule has 1 unspecified atom stereocenters. The molecule has 1 aromatic rings. The van der Waals surface area contributed by atoms with Gasteiger partial charge in [0, 0.05) is 25.0 Å². The van der Waals surface area contributed by atoms with E-state index < -0.39 is 30.1 Å².